The van der Waals surface area contributed by atoms with E-state index in [-0.39, 0.29) is 5.97 Å². The van der Waals surface area contributed by atoms with Crippen molar-refractivity contribution in [3.63, 3.8) is 0 Å². The molecule has 156 valence electrons. The summed E-state index contributed by atoms with van der Waals surface area (Å²) in [6, 6.07) is 9.88. The predicted octanol–water partition coefficient (Wildman–Crippen LogP) is 6.57. The fourth-order valence-corrected chi connectivity index (χ4v) is 2.73. The number of benzene rings is 2. The fourth-order valence-electron chi connectivity index (χ4n) is 2.73. The Kier molecular flexibility index (Phi) is 12.4. The molecule has 0 N–H and O–H groups in total. The normalized spacial score (nSPS) is 9.32. The van der Waals surface area contributed by atoms with Crippen molar-refractivity contribution in [2.24, 2.45) is 0 Å². The molecule has 0 aromatic heterocycles. The summed E-state index contributed by atoms with van der Waals surface area (Å²) < 4.78 is 16.0. The predicted molar refractivity (Wildman–Crippen MR) is 117 cm³/mol. The third-order valence-corrected chi connectivity index (χ3v) is 3.95. The molecule has 4 heteroatoms. The first-order valence-electron chi connectivity index (χ1n) is 9.94. The van der Waals surface area contributed by atoms with Crippen molar-refractivity contribution in [1.82, 2.24) is 0 Å². The van der Waals surface area contributed by atoms with Gasteiger partial charge in [-0.15, -0.1) is 0 Å². The minimum Gasteiger partial charge on any atom is -0.496 e. The van der Waals surface area contributed by atoms with Crippen LogP contribution in [0.25, 0.3) is 0 Å². The Morgan fingerprint density at radius 1 is 0.857 bits per heavy atom. The van der Waals surface area contributed by atoms with Crippen LogP contribution in [0.5, 0.6) is 17.2 Å². The van der Waals surface area contributed by atoms with Gasteiger partial charge in [-0.25, -0.2) is 0 Å². The first kappa shape index (κ1) is 25.5. The zero-order chi connectivity index (χ0) is 21.7. The monoisotopic (exact) mass is 388 g/mol. The Morgan fingerprint density at radius 2 is 1.43 bits per heavy atom. The second kappa shape index (κ2) is 13.6. The highest BCUT2D eigenvalue weighted by molar-refractivity contribution is 5.69. The van der Waals surface area contributed by atoms with Crippen molar-refractivity contribution in [3.05, 3.63) is 52.6 Å². The molecule has 0 saturated heterocycles. The van der Waals surface area contributed by atoms with Crippen LogP contribution in [0, 0.1) is 20.8 Å². The van der Waals surface area contributed by atoms with Gasteiger partial charge in [0, 0.05) is 6.42 Å². The Morgan fingerprint density at radius 3 is 1.89 bits per heavy atom. The van der Waals surface area contributed by atoms with Gasteiger partial charge in [-0.1, -0.05) is 39.8 Å². The maximum Gasteiger partial charge on any atom is 0.305 e. The molecule has 0 bridgehead atoms. The third kappa shape index (κ3) is 7.63. The van der Waals surface area contributed by atoms with Gasteiger partial charge < -0.3 is 14.2 Å². The number of ether oxygens (including phenoxy) is 3. The summed E-state index contributed by atoms with van der Waals surface area (Å²) in [4.78, 5) is 11.3. The second-order valence-corrected chi connectivity index (χ2v) is 5.87. The highest BCUT2D eigenvalue weighted by Crippen LogP contribution is 2.32. The number of methoxy groups -OCH3 is 2. The van der Waals surface area contributed by atoms with E-state index in [0.29, 0.717) is 12.8 Å². The SMILES string of the molecule is CC.CC.COC(=O)CCc1cc(C)c(Oc2ccc(OC)c(C)c2)c(C)c1. The summed E-state index contributed by atoms with van der Waals surface area (Å²) in [6.07, 6.45) is 1.05. The number of aryl methyl sites for hydroxylation is 4. The minimum atomic E-state index is -0.195. The molecule has 0 saturated carbocycles. The van der Waals surface area contributed by atoms with E-state index >= 15 is 0 Å². The number of carbonyl (C=O) groups excluding carboxylic acids is 1. The van der Waals surface area contributed by atoms with Crippen LogP contribution in [0.2, 0.25) is 0 Å². The van der Waals surface area contributed by atoms with Gasteiger partial charge in [-0.3, -0.25) is 4.79 Å². The van der Waals surface area contributed by atoms with Gasteiger partial charge >= 0.3 is 5.97 Å². The Balaban J connectivity index is 0.00000171. The van der Waals surface area contributed by atoms with Crippen molar-refractivity contribution in [3.8, 4) is 17.2 Å². The first-order chi connectivity index (χ1) is 13.4. The van der Waals surface area contributed by atoms with Gasteiger partial charge in [0.15, 0.2) is 0 Å². The minimum absolute atomic E-state index is 0.195. The lowest BCUT2D eigenvalue weighted by molar-refractivity contribution is -0.140. The van der Waals surface area contributed by atoms with Gasteiger partial charge in [0.25, 0.3) is 0 Å². The molecule has 0 aliphatic rings. The van der Waals surface area contributed by atoms with Gasteiger partial charge in [-0.05, 0) is 67.6 Å². The van der Waals surface area contributed by atoms with Crippen LogP contribution in [0.4, 0.5) is 0 Å². The average molecular weight is 389 g/mol. The Hall–Kier alpha value is -2.49. The lowest BCUT2D eigenvalue weighted by Crippen LogP contribution is -2.02. The lowest BCUT2D eigenvalue weighted by atomic mass is 10.0. The summed E-state index contributed by atoms with van der Waals surface area (Å²) in [5.74, 6) is 2.27. The quantitative estimate of drug-likeness (QED) is 0.525. The van der Waals surface area contributed by atoms with E-state index in [4.69, 9.17) is 14.2 Å². The van der Waals surface area contributed by atoms with Gasteiger partial charge in [0.1, 0.15) is 17.2 Å². The molecule has 0 fully saturated rings. The standard InChI is InChI=1S/C20H24O4.2C2H6/c1-13-12-17(7-8-18(13)22-4)24-20-14(2)10-16(11-15(20)3)6-9-19(21)23-5;2*1-2/h7-8,10-12H,6,9H2,1-5H3;2*1-2H3. The molecule has 2 aromatic carbocycles. The van der Waals surface area contributed by atoms with E-state index < -0.39 is 0 Å². The molecule has 28 heavy (non-hydrogen) atoms. The van der Waals surface area contributed by atoms with E-state index in [1.165, 1.54) is 7.11 Å². The highest BCUT2D eigenvalue weighted by atomic mass is 16.5. The maximum atomic E-state index is 11.3. The second-order valence-electron chi connectivity index (χ2n) is 5.87. The Labute approximate surface area is 170 Å². The number of esters is 1. The summed E-state index contributed by atoms with van der Waals surface area (Å²) in [6.45, 7) is 14.0. The molecule has 2 aromatic rings. The maximum absolute atomic E-state index is 11.3. The molecule has 2 rings (SSSR count). The van der Waals surface area contributed by atoms with Gasteiger partial charge in [-0.2, -0.15) is 0 Å². The average Bonchev–Trinajstić information content (AvgIpc) is 2.72. The molecule has 0 heterocycles. The van der Waals surface area contributed by atoms with E-state index in [1.807, 2.05) is 66.7 Å². The summed E-state index contributed by atoms with van der Waals surface area (Å²) in [5.41, 5.74) is 4.22. The van der Waals surface area contributed by atoms with Crippen LogP contribution in [0.15, 0.2) is 30.3 Å². The topological polar surface area (TPSA) is 44.8 Å². The van der Waals surface area contributed by atoms with E-state index in [1.54, 1.807) is 7.11 Å². The van der Waals surface area contributed by atoms with Crippen molar-refractivity contribution in [2.45, 2.75) is 61.3 Å². The number of carbonyl (C=O) groups is 1. The van der Waals surface area contributed by atoms with E-state index in [2.05, 4.69) is 12.1 Å². The van der Waals surface area contributed by atoms with Gasteiger partial charge in [0.05, 0.1) is 14.2 Å². The Bertz CT molecular complexity index is 712. The smallest absolute Gasteiger partial charge is 0.305 e. The first-order valence-corrected chi connectivity index (χ1v) is 9.94. The molecule has 4 nitrogen and oxygen atoms in total. The van der Waals surface area contributed by atoms with E-state index in [9.17, 15) is 4.79 Å². The van der Waals surface area contributed by atoms with Crippen LogP contribution in [-0.2, 0) is 16.0 Å². The number of hydrogen-bond donors (Lipinski definition) is 0. The van der Waals surface area contributed by atoms with Crippen LogP contribution in [-0.4, -0.2) is 20.2 Å². The number of hydrogen-bond acceptors (Lipinski definition) is 4. The van der Waals surface area contributed by atoms with Crippen LogP contribution < -0.4 is 9.47 Å². The number of rotatable bonds is 6. The molecule has 0 amide bonds. The molecule has 0 atom stereocenters. The summed E-state index contributed by atoms with van der Waals surface area (Å²) in [5, 5.41) is 0. The highest BCUT2D eigenvalue weighted by Gasteiger charge is 2.10. The largest absolute Gasteiger partial charge is 0.496 e. The van der Waals surface area contributed by atoms with Gasteiger partial charge in [0.2, 0.25) is 0 Å². The molecule has 0 unspecified atom stereocenters. The van der Waals surface area contributed by atoms with Crippen molar-refractivity contribution < 1.29 is 19.0 Å². The molecule has 0 spiro atoms. The van der Waals surface area contributed by atoms with Crippen LogP contribution in [0.1, 0.15) is 56.4 Å². The molecular formula is C24H36O4. The molecular weight excluding hydrogens is 352 g/mol. The van der Waals surface area contributed by atoms with Crippen molar-refractivity contribution in [2.75, 3.05) is 14.2 Å². The summed E-state index contributed by atoms with van der Waals surface area (Å²) >= 11 is 0. The fraction of sp³-hybridized carbons (Fsp3) is 0.458. The van der Waals surface area contributed by atoms with Crippen molar-refractivity contribution >= 4 is 5.97 Å². The lowest BCUT2D eigenvalue weighted by Gasteiger charge is -2.15. The molecule has 0 aliphatic heterocycles. The van der Waals surface area contributed by atoms with Crippen LogP contribution >= 0.6 is 0 Å². The molecule has 0 radical (unpaired) electrons. The zero-order valence-corrected chi connectivity index (χ0v) is 18.9. The summed E-state index contributed by atoms with van der Waals surface area (Å²) in [7, 11) is 3.07. The molecule has 0 aliphatic carbocycles. The van der Waals surface area contributed by atoms with Crippen molar-refractivity contribution in [1.29, 1.82) is 0 Å². The van der Waals surface area contributed by atoms with Crippen LogP contribution in [0.3, 0.4) is 0 Å². The zero-order valence-electron chi connectivity index (χ0n) is 18.9. The van der Waals surface area contributed by atoms with E-state index in [0.717, 1.165) is 39.5 Å². The third-order valence-electron chi connectivity index (χ3n) is 3.95.